The summed E-state index contributed by atoms with van der Waals surface area (Å²) in [5.74, 6) is 0.0486. The number of carbonyl (C=O) groups excluding carboxylic acids is 3. The number of nitrogens with two attached hydrogens (primary N) is 1. The molecule has 60 heavy (non-hydrogen) atoms. The number of phosphoric ester groups is 1. The second-order valence-corrected chi connectivity index (χ2v) is 17.9. The number of hydrogen-bond donors (Lipinski definition) is 5. The molecule has 14 nitrogen and oxygen atoms in total. The van der Waals surface area contributed by atoms with E-state index >= 15 is 0 Å². The van der Waals surface area contributed by atoms with Crippen molar-refractivity contribution in [2.75, 3.05) is 26.4 Å². The van der Waals surface area contributed by atoms with Gasteiger partial charge in [0.05, 0.1) is 31.5 Å². The van der Waals surface area contributed by atoms with Crippen molar-refractivity contribution in [2.24, 2.45) is 17.6 Å². The van der Waals surface area contributed by atoms with Crippen molar-refractivity contribution in [1.82, 2.24) is 0 Å². The van der Waals surface area contributed by atoms with Gasteiger partial charge >= 0.3 is 19.8 Å². The number of unbranched alkanes of at least 4 members (excludes halogenated alkanes) is 10. The molecule has 1 aliphatic rings. The monoisotopic (exact) mass is 872 g/mol. The summed E-state index contributed by atoms with van der Waals surface area (Å²) in [6, 6.07) is 0. The van der Waals surface area contributed by atoms with Gasteiger partial charge in [0.15, 0.2) is 6.10 Å². The molecule has 346 valence electrons. The fourth-order valence-corrected chi connectivity index (χ4v) is 8.34. The molecule has 7 atom stereocenters. The Morgan fingerprint density at radius 3 is 2.05 bits per heavy atom. The number of rotatable bonds is 35. The molecule has 1 fully saturated rings. The Bertz CT molecular complexity index is 1450. The topological polar surface area (TPSA) is 225 Å². The maximum Gasteiger partial charge on any atom is 0.472 e. The molecule has 2 rings (SSSR count). The zero-order chi connectivity index (χ0) is 44.3. The predicted octanol–water partition coefficient (Wildman–Crippen LogP) is 7.82. The summed E-state index contributed by atoms with van der Waals surface area (Å²) in [5, 5.41) is 31.3. The maximum absolute atomic E-state index is 12.9. The lowest BCUT2D eigenvalue weighted by atomic mass is 9.87. The number of ketones is 1. The van der Waals surface area contributed by atoms with Crippen LogP contribution in [-0.2, 0) is 50.3 Å². The van der Waals surface area contributed by atoms with E-state index < -0.39 is 62.6 Å². The largest absolute Gasteiger partial charge is 0.472 e. The highest BCUT2D eigenvalue weighted by atomic mass is 31.2. The van der Waals surface area contributed by atoms with Crippen LogP contribution in [0.1, 0.15) is 165 Å². The van der Waals surface area contributed by atoms with Crippen LogP contribution < -0.4 is 5.73 Å². The molecule has 1 aromatic rings. The molecule has 0 aromatic carbocycles. The van der Waals surface area contributed by atoms with Gasteiger partial charge in [-0.1, -0.05) is 83.8 Å². The molecule has 1 aliphatic carbocycles. The third kappa shape index (κ3) is 22.1. The average Bonchev–Trinajstić information content (AvgIpc) is 3.63. The SMILES string of the molecule is CCCCCc1oc(CCCCCCCCC(=O)OC[C@H](COP(=O)(O)OCCN)OC(=O)CCCCC(=O)C[C@@H]2[C@@H](/C=C/[C@@H](O)CCCCC)[C@H](O)C[C@@H]2O)c(C)c1C. The second kappa shape index (κ2) is 30.6. The van der Waals surface area contributed by atoms with Crippen LogP contribution in [0.2, 0.25) is 0 Å². The number of phosphoric acid groups is 1. The Morgan fingerprint density at radius 2 is 1.38 bits per heavy atom. The van der Waals surface area contributed by atoms with Crippen molar-refractivity contribution in [3.63, 3.8) is 0 Å². The summed E-state index contributed by atoms with van der Waals surface area (Å²) in [6.07, 6.45) is 15.7. The van der Waals surface area contributed by atoms with Crippen molar-refractivity contribution in [3.05, 3.63) is 34.8 Å². The van der Waals surface area contributed by atoms with E-state index in [1.807, 2.05) is 0 Å². The Kier molecular flexibility index (Phi) is 27.4. The number of Topliss-reactive ketones (excluding diaryl/α,β-unsaturated/α-hetero) is 1. The summed E-state index contributed by atoms with van der Waals surface area (Å²) >= 11 is 0. The number of aliphatic hydroxyl groups excluding tert-OH is 3. The van der Waals surface area contributed by atoms with Crippen LogP contribution in [0.5, 0.6) is 0 Å². The Morgan fingerprint density at radius 1 is 0.800 bits per heavy atom. The minimum atomic E-state index is -4.50. The Balaban J connectivity index is 1.74. The number of aryl methyl sites for hydroxylation is 2. The van der Waals surface area contributed by atoms with Gasteiger partial charge in [-0.3, -0.25) is 23.4 Å². The summed E-state index contributed by atoms with van der Waals surface area (Å²) < 4.78 is 39.0. The minimum Gasteiger partial charge on any atom is -0.466 e. The molecule has 0 saturated heterocycles. The molecule has 0 amide bonds. The highest BCUT2D eigenvalue weighted by Gasteiger charge is 2.41. The summed E-state index contributed by atoms with van der Waals surface area (Å²) in [5.41, 5.74) is 7.90. The fourth-order valence-electron chi connectivity index (χ4n) is 7.57. The fraction of sp³-hybridized carbons (Fsp3) is 0.800. The van der Waals surface area contributed by atoms with Crippen molar-refractivity contribution in [3.8, 4) is 0 Å². The van der Waals surface area contributed by atoms with Gasteiger partial charge in [0, 0.05) is 63.3 Å². The van der Waals surface area contributed by atoms with E-state index in [-0.39, 0.29) is 57.6 Å². The van der Waals surface area contributed by atoms with Crippen LogP contribution in [0.3, 0.4) is 0 Å². The summed E-state index contributed by atoms with van der Waals surface area (Å²) in [6.45, 7) is 7.39. The van der Waals surface area contributed by atoms with E-state index in [9.17, 15) is 39.2 Å². The van der Waals surface area contributed by atoms with Crippen molar-refractivity contribution < 1.29 is 62.1 Å². The molecule has 15 heteroatoms. The first-order chi connectivity index (χ1) is 28.7. The van der Waals surface area contributed by atoms with Gasteiger partial charge in [0.2, 0.25) is 0 Å². The van der Waals surface area contributed by atoms with E-state index in [1.54, 1.807) is 12.2 Å². The van der Waals surface area contributed by atoms with Gasteiger partial charge < -0.3 is 39.8 Å². The zero-order valence-corrected chi connectivity index (χ0v) is 37.9. The third-order valence-electron chi connectivity index (χ3n) is 11.3. The number of ether oxygens (including phenoxy) is 2. The van der Waals surface area contributed by atoms with Crippen molar-refractivity contribution in [1.29, 1.82) is 0 Å². The quantitative estimate of drug-likeness (QED) is 0.0190. The van der Waals surface area contributed by atoms with Crippen LogP contribution in [0.15, 0.2) is 16.6 Å². The van der Waals surface area contributed by atoms with E-state index in [0.717, 1.165) is 82.1 Å². The first kappa shape index (κ1) is 53.7. The molecule has 0 radical (unpaired) electrons. The highest BCUT2D eigenvalue weighted by molar-refractivity contribution is 7.47. The number of esters is 2. The second-order valence-electron chi connectivity index (χ2n) is 16.5. The van der Waals surface area contributed by atoms with Crippen molar-refractivity contribution in [2.45, 2.75) is 193 Å². The molecule has 1 saturated carbocycles. The van der Waals surface area contributed by atoms with Crippen LogP contribution in [0.4, 0.5) is 0 Å². The normalized spacial score (nSPS) is 20.0. The first-order valence-corrected chi connectivity index (χ1v) is 24.2. The molecule has 1 aromatic heterocycles. The number of aliphatic hydroxyl groups is 3. The van der Waals surface area contributed by atoms with Crippen LogP contribution in [0, 0.1) is 25.7 Å². The lowest BCUT2D eigenvalue weighted by Gasteiger charge is -2.20. The average molecular weight is 872 g/mol. The number of hydrogen-bond acceptors (Lipinski definition) is 13. The van der Waals surface area contributed by atoms with Gasteiger partial charge in [-0.2, -0.15) is 0 Å². The van der Waals surface area contributed by atoms with Crippen molar-refractivity contribution >= 4 is 25.5 Å². The van der Waals surface area contributed by atoms with E-state index in [1.165, 1.54) is 24.0 Å². The Hall–Kier alpha value is -2.42. The van der Waals surface area contributed by atoms with Gasteiger partial charge in [0.25, 0.3) is 0 Å². The smallest absolute Gasteiger partial charge is 0.466 e. The molecule has 0 bridgehead atoms. The van der Waals surface area contributed by atoms with E-state index in [4.69, 9.17) is 28.7 Å². The minimum absolute atomic E-state index is 0.0129. The molecular formula is C45H78NO13P. The molecule has 6 N–H and O–H groups in total. The summed E-state index contributed by atoms with van der Waals surface area (Å²) in [7, 11) is -4.50. The molecular weight excluding hydrogens is 793 g/mol. The predicted molar refractivity (Wildman–Crippen MR) is 230 cm³/mol. The molecule has 1 unspecified atom stereocenters. The standard InChI is InChI=1S/C45H78NO13P/c1-5-7-13-19-35(47)25-26-38-39(41(50)30-40(38)49)29-36(48)20-17-18-24-45(52)58-37(32-57-60(53,54)56-28-27-46)31-55-44(51)23-16-12-10-9-11-15-22-43-34(4)33(3)42(59-43)21-14-8-6-2/h25-26,35,37-41,47,49-50H,5-24,27-32,46H2,1-4H3,(H,53,54)/b26-25+/t35-,37+,38+,39+,40+,41-/m0/s1. The summed E-state index contributed by atoms with van der Waals surface area (Å²) in [4.78, 5) is 48.1. The zero-order valence-electron chi connectivity index (χ0n) is 37.0. The van der Waals surface area contributed by atoms with Gasteiger partial charge in [-0.25, -0.2) is 4.57 Å². The lowest BCUT2D eigenvalue weighted by molar-refractivity contribution is -0.161. The van der Waals surface area contributed by atoms with E-state index in [2.05, 4.69) is 27.7 Å². The van der Waals surface area contributed by atoms with Crippen LogP contribution in [0.25, 0.3) is 0 Å². The van der Waals surface area contributed by atoms with E-state index in [0.29, 0.717) is 25.7 Å². The maximum atomic E-state index is 12.9. The van der Waals surface area contributed by atoms with Crippen LogP contribution in [-0.4, -0.2) is 88.7 Å². The lowest BCUT2D eigenvalue weighted by Crippen LogP contribution is -2.29. The van der Waals surface area contributed by atoms with Crippen LogP contribution >= 0.6 is 7.82 Å². The third-order valence-corrected chi connectivity index (χ3v) is 12.3. The highest BCUT2D eigenvalue weighted by Crippen LogP contribution is 2.43. The molecule has 1 heterocycles. The Labute approximate surface area is 358 Å². The number of furan rings is 1. The molecule has 0 spiro atoms. The van der Waals surface area contributed by atoms with Gasteiger partial charge in [-0.05, 0) is 63.5 Å². The van der Waals surface area contributed by atoms with Gasteiger partial charge in [0.1, 0.15) is 23.9 Å². The molecule has 0 aliphatic heterocycles. The number of carbonyl (C=O) groups is 3. The first-order valence-electron chi connectivity index (χ1n) is 22.7. The van der Waals surface area contributed by atoms with Gasteiger partial charge in [-0.15, -0.1) is 0 Å².